The highest BCUT2D eigenvalue weighted by Gasteiger charge is 2.32. The van der Waals surface area contributed by atoms with Gasteiger partial charge in [-0.1, -0.05) is 0 Å². The van der Waals surface area contributed by atoms with Gasteiger partial charge in [0.15, 0.2) is 5.69 Å². The molecule has 0 aliphatic heterocycles. The van der Waals surface area contributed by atoms with Crippen molar-refractivity contribution in [1.82, 2.24) is 15.1 Å². The minimum atomic E-state index is -0.832. The summed E-state index contributed by atoms with van der Waals surface area (Å²) in [6, 6.07) is 3.11. The first kappa shape index (κ1) is 14.2. The maximum atomic E-state index is 11.7. The number of carboxylic acid groups (broad SMARTS) is 1. The molecule has 1 amide bonds. The van der Waals surface area contributed by atoms with E-state index in [9.17, 15) is 9.59 Å². The van der Waals surface area contributed by atoms with Crippen LogP contribution in [0.5, 0.6) is 0 Å². The van der Waals surface area contributed by atoms with E-state index in [4.69, 9.17) is 5.11 Å². The average molecular weight is 278 g/mol. The van der Waals surface area contributed by atoms with Crippen LogP contribution in [0.3, 0.4) is 0 Å². The van der Waals surface area contributed by atoms with Crippen molar-refractivity contribution in [3.8, 4) is 0 Å². The number of carboxylic acids is 1. The minimum Gasteiger partial charge on any atom is -0.481 e. The number of hydrogen-bond donors (Lipinski definition) is 2. The van der Waals surface area contributed by atoms with Gasteiger partial charge in [-0.05, 0) is 30.9 Å². The largest absolute Gasteiger partial charge is 0.481 e. The van der Waals surface area contributed by atoms with E-state index in [1.165, 1.54) is 4.90 Å². The molecule has 2 N–H and O–H groups in total. The number of carbonyl (C=O) groups excluding carboxylic acids is 1. The molecule has 1 saturated carbocycles. The van der Waals surface area contributed by atoms with E-state index in [0.29, 0.717) is 11.7 Å². The molecule has 2 rings (SSSR count). The third-order valence-corrected chi connectivity index (χ3v) is 3.21. The predicted molar refractivity (Wildman–Crippen MR) is 72.4 cm³/mol. The van der Waals surface area contributed by atoms with Crippen LogP contribution in [0.25, 0.3) is 0 Å². The Bertz CT molecular complexity index is 497. The smallest absolute Gasteiger partial charge is 0.305 e. The standard InChI is InChI=1S/C13H18N4O3/c1-17(2)13(20)9-5-6-11(16-15-9)14-10(7-12(18)19)8-3-4-8/h5-6,8,10H,3-4,7H2,1-2H3,(H,14,16)(H,18,19). The van der Waals surface area contributed by atoms with Crippen LogP contribution in [-0.2, 0) is 4.79 Å². The molecule has 1 unspecified atom stereocenters. The Hall–Kier alpha value is -2.18. The fraction of sp³-hybridized carbons (Fsp3) is 0.538. The summed E-state index contributed by atoms with van der Waals surface area (Å²) in [5, 5.41) is 19.8. The third kappa shape index (κ3) is 3.66. The number of carbonyl (C=O) groups is 2. The zero-order chi connectivity index (χ0) is 14.7. The second kappa shape index (κ2) is 5.85. The number of aromatic nitrogens is 2. The van der Waals surface area contributed by atoms with E-state index < -0.39 is 5.97 Å². The summed E-state index contributed by atoms with van der Waals surface area (Å²) in [7, 11) is 3.29. The van der Waals surface area contributed by atoms with Gasteiger partial charge in [0, 0.05) is 20.1 Å². The topological polar surface area (TPSA) is 95.4 Å². The van der Waals surface area contributed by atoms with E-state index in [1.807, 2.05) is 0 Å². The Morgan fingerprint density at radius 2 is 2.10 bits per heavy atom. The summed E-state index contributed by atoms with van der Waals surface area (Å²) in [6.45, 7) is 0. The van der Waals surface area contributed by atoms with Crippen LogP contribution in [0.2, 0.25) is 0 Å². The molecule has 0 spiro atoms. The van der Waals surface area contributed by atoms with Gasteiger partial charge in [-0.25, -0.2) is 0 Å². The summed E-state index contributed by atoms with van der Waals surface area (Å²) >= 11 is 0. The molecule has 1 aliphatic rings. The highest BCUT2D eigenvalue weighted by atomic mass is 16.4. The predicted octanol–water partition coefficient (Wildman–Crippen LogP) is 0.844. The molecule has 1 heterocycles. The normalized spacial score (nSPS) is 15.5. The van der Waals surface area contributed by atoms with Gasteiger partial charge in [0.05, 0.1) is 6.42 Å². The third-order valence-electron chi connectivity index (χ3n) is 3.21. The van der Waals surface area contributed by atoms with E-state index in [2.05, 4.69) is 15.5 Å². The van der Waals surface area contributed by atoms with Crippen LogP contribution in [-0.4, -0.2) is 52.2 Å². The number of nitrogens with one attached hydrogen (secondary N) is 1. The van der Waals surface area contributed by atoms with Crippen LogP contribution in [0.4, 0.5) is 5.82 Å². The lowest BCUT2D eigenvalue weighted by Gasteiger charge is -2.16. The monoisotopic (exact) mass is 278 g/mol. The number of nitrogens with zero attached hydrogens (tertiary/aromatic N) is 3. The molecule has 108 valence electrons. The summed E-state index contributed by atoms with van der Waals surface area (Å²) in [5.41, 5.74) is 0.266. The van der Waals surface area contributed by atoms with Gasteiger partial charge in [-0.2, -0.15) is 0 Å². The molecule has 0 bridgehead atoms. The zero-order valence-electron chi connectivity index (χ0n) is 11.5. The number of amides is 1. The van der Waals surface area contributed by atoms with Crippen LogP contribution in [0.15, 0.2) is 12.1 Å². The van der Waals surface area contributed by atoms with Gasteiger partial charge < -0.3 is 15.3 Å². The van der Waals surface area contributed by atoms with Crippen molar-refractivity contribution in [2.75, 3.05) is 19.4 Å². The van der Waals surface area contributed by atoms with Crippen molar-refractivity contribution < 1.29 is 14.7 Å². The molecule has 7 nitrogen and oxygen atoms in total. The van der Waals surface area contributed by atoms with Crippen LogP contribution >= 0.6 is 0 Å². The molecule has 0 aromatic carbocycles. The molecular weight excluding hydrogens is 260 g/mol. The highest BCUT2D eigenvalue weighted by Crippen LogP contribution is 2.35. The first-order valence-electron chi connectivity index (χ1n) is 6.51. The number of rotatable bonds is 6. The Labute approximate surface area is 117 Å². The summed E-state index contributed by atoms with van der Waals surface area (Å²) in [6.07, 6.45) is 2.13. The molecule has 1 aliphatic carbocycles. The Morgan fingerprint density at radius 3 is 2.55 bits per heavy atom. The molecule has 0 radical (unpaired) electrons. The van der Waals surface area contributed by atoms with Gasteiger partial charge in [-0.15, -0.1) is 10.2 Å². The van der Waals surface area contributed by atoms with Crippen molar-refractivity contribution in [3.05, 3.63) is 17.8 Å². The summed E-state index contributed by atoms with van der Waals surface area (Å²) in [5.74, 6) is -0.162. The lowest BCUT2D eigenvalue weighted by molar-refractivity contribution is -0.137. The van der Waals surface area contributed by atoms with E-state index in [1.54, 1.807) is 26.2 Å². The SMILES string of the molecule is CN(C)C(=O)c1ccc(NC(CC(=O)O)C2CC2)nn1. The first-order chi connectivity index (χ1) is 9.47. The molecule has 1 atom stereocenters. The molecular formula is C13H18N4O3. The number of hydrogen-bond acceptors (Lipinski definition) is 5. The molecule has 0 saturated heterocycles. The minimum absolute atomic E-state index is 0.0602. The maximum Gasteiger partial charge on any atom is 0.305 e. The Morgan fingerprint density at radius 1 is 1.40 bits per heavy atom. The van der Waals surface area contributed by atoms with Gasteiger partial charge in [0.1, 0.15) is 5.82 Å². The van der Waals surface area contributed by atoms with E-state index >= 15 is 0 Å². The summed E-state index contributed by atoms with van der Waals surface area (Å²) < 4.78 is 0. The lowest BCUT2D eigenvalue weighted by Crippen LogP contribution is -2.27. The van der Waals surface area contributed by atoms with Crippen molar-refractivity contribution in [1.29, 1.82) is 0 Å². The summed E-state index contributed by atoms with van der Waals surface area (Å²) in [4.78, 5) is 23.9. The first-order valence-corrected chi connectivity index (χ1v) is 6.51. The zero-order valence-corrected chi connectivity index (χ0v) is 11.5. The second-order valence-electron chi connectivity index (χ2n) is 5.19. The molecule has 1 aromatic rings. The van der Waals surface area contributed by atoms with E-state index in [0.717, 1.165) is 12.8 Å². The molecule has 1 aromatic heterocycles. The van der Waals surface area contributed by atoms with Crippen LogP contribution < -0.4 is 5.32 Å². The average Bonchev–Trinajstić information content (AvgIpc) is 3.21. The van der Waals surface area contributed by atoms with Gasteiger partial charge in [-0.3, -0.25) is 9.59 Å². The van der Waals surface area contributed by atoms with Crippen molar-refractivity contribution >= 4 is 17.7 Å². The number of anilines is 1. The van der Waals surface area contributed by atoms with Crippen molar-refractivity contribution in [2.45, 2.75) is 25.3 Å². The Balaban J connectivity index is 2.02. The van der Waals surface area contributed by atoms with Crippen molar-refractivity contribution in [3.63, 3.8) is 0 Å². The van der Waals surface area contributed by atoms with Crippen LogP contribution in [0.1, 0.15) is 29.8 Å². The Kier molecular flexibility index (Phi) is 4.16. The van der Waals surface area contributed by atoms with Gasteiger partial charge in [0.2, 0.25) is 0 Å². The van der Waals surface area contributed by atoms with E-state index in [-0.39, 0.29) is 24.1 Å². The number of aliphatic carboxylic acids is 1. The second-order valence-corrected chi connectivity index (χ2v) is 5.19. The molecule has 1 fully saturated rings. The molecule has 20 heavy (non-hydrogen) atoms. The van der Waals surface area contributed by atoms with Gasteiger partial charge in [0.25, 0.3) is 5.91 Å². The maximum absolute atomic E-state index is 11.7. The molecule has 7 heteroatoms. The lowest BCUT2D eigenvalue weighted by atomic mass is 10.1. The van der Waals surface area contributed by atoms with Crippen molar-refractivity contribution in [2.24, 2.45) is 5.92 Å². The quantitative estimate of drug-likeness (QED) is 0.800. The fourth-order valence-corrected chi connectivity index (χ4v) is 1.96. The fourth-order valence-electron chi connectivity index (χ4n) is 1.96. The highest BCUT2D eigenvalue weighted by molar-refractivity contribution is 5.91. The van der Waals surface area contributed by atoms with Gasteiger partial charge >= 0.3 is 5.97 Å². The van der Waals surface area contributed by atoms with Crippen LogP contribution in [0, 0.1) is 5.92 Å².